The van der Waals surface area contributed by atoms with Gasteiger partial charge in [0.25, 0.3) is 5.91 Å². The summed E-state index contributed by atoms with van der Waals surface area (Å²) >= 11 is 3.62. The number of carbonyl (C=O) groups excluding carboxylic acids is 3. The lowest BCUT2D eigenvalue weighted by atomic mass is 10.0. The Morgan fingerprint density at radius 2 is 1.71 bits per heavy atom. The Labute approximate surface area is 408 Å². The summed E-state index contributed by atoms with van der Waals surface area (Å²) in [6, 6.07) is 16.6. The number of halogens is 1. The number of anilines is 5. The fraction of sp³-hybridized carbons (Fsp3) is 0.408. The molecule has 2 aliphatic rings. The summed E-state index contributed by atoms with van der Waals surface area (Å²) in [6.07, 6.45) is 5.47. The van der Waals surface area contributed by atoms with Crippen molar-refractivity contribution in [1.82, 2.24) is 40.0 Å². The van der Waals surface area contributed by atoms with Gasteiger partial charge in [0.15, 0.2) is 6.61 Å². The number of imide groups is 1. The minimum Gasteiger partial charge on any atom is -0.492 e. The quantitative estimate of drug-likeness (QED) is 0.0357. The largest absolute Gasteiger partial charge is 0.492 e. The van der Waals surface area contributed by atoms with Crippen LogP contribution in [0.15, 0.2) is 70.1 Å². The van der Waals surface area contributed by atoms with Gasteiger partial charge in [-0.05, 0) is 110 Å². The number of benzene rings is 3. The number of pyridine rings is 1. The fourth-order valence-corrected chi connectivity index (χ4v) is 11.0. The summed E-state index contributed by atoms with van der Waals surface area (Å²) in [6.45, 7) is 12.6. The zero-order chi connectivity index (χ0) is 49.0. The highest BCUT2D eigenvalue weighted by Crippen LogP contribution is 2.42. The van der Waals surface area contributed by atoms with Crippen molar-refractivity contribution in [2.45, 2.75) is 71.4 Å². The van der Waals surface area contributed by atoms with Crippen LogP contribution in [0.3, 0.4) is 0 Å². The third kappa shape index (κ3) is 10.8. The van der Waals surface area contributed by atoms with Gasteiger partial charge >= 0.3 is 5.69 Å². The number of hydrogen-bond donors (Lipinski definition) is 5. The van der Waals surface area contributed by atoms with E-state index in [1.54, 1.807) is 44.8 Å². The van der Waals surface area contributed by atoms with Crippen LogP contribution in [0.25, 0.3) is 21.9 Å². The topological polar surface area (TPSA) is 216 Å². The smallest absolute Gasteiger partial charge is 0.329 e. The normalized spacial score (nSPS) is 15.6. The molecule has 5 N–H and O–H groups in total. The average Bonchev–Trinajstić information content (AvgIpc) is 3.59. The molecule has 1 atom stereocenters. The molecule has 2 fully saturated rings. The zero-order valence-corrected chi connectivity index (χ0v) is 42.3. The van der Waals surface area contributed by atoms with Gasteiger partial charge in [-0.1, -0.05) is 26.0 Å². The van der Waals surface area contributed by atoms with Gasteiger partial charge in [0.2, 0.25) is 17.8 Å². The van der Waals surface area contributed by atoms with E-state index in [2.05, 4.69) is 78.4 Å². The molecule has 364 valence electrons. The maximum absolute atomic E-state index is 13.7. The zero-order valence-electron chi connectivity index (χ0n) is 39.8. The van der Waals surface area contributed by atoms with Crippen LogP contribution in [0.2, 0.25) is 0 Å². The number of amides is 3. The molecule has 0 bridgehead atoms. The number of ether oxygens (including phenoxy) is 2. The molecule has 5 heterocycles. The molecule has 3 aromatic carbocycles. The number of carbonyl (C=O) groups is 3. The van der Waals surface area contributed by atoms with Gasteiger partial charge in [-0.2, -0.15) is 4.98 Å². The molecule has 6 aromatic rings. The molecule has 18 nitrogen and oxygen atoms in total. The standard InChI is InChI=1S/C49H59BrN11O7P/c1-7-29-25-36(56-48-53-27-33(50)46(58-48)55-35-16-15-34-32(45(35)69(5,6)66)14-13-30(8-2)54-34)41(67-9-3)26-39(29)60-23-19-31(20-24-60)51-21-22-52-43(63)28-68-40-12-10-11-37-44(40)59(4)49(65)61(37)38-17-18-42(62)57-47(38)64/h10-16,25-27,31,38,51H,7-9,17-24,28H2,1-6H3,(H,52,63)(H,57,62,64)(H2,53,55,56,58). The van der Waals surface area contributed by atoms with Crippen molar-refractivity contribution in [3.8, 4) is 11.5 Å². The van der Waals surface area contributed by atoms with E-state index in [0.717, 1.165) is 77.6 Å². The Balaban J connectivity index is 0.858. The van der Waals surface area contributed by atoms with Gasteiger partial charge in [-0.25, -0.2) is 9.78 Å². The van der Waals surface area contributed by atoms with Crippen molar-refractivity contribution in [3.63, 3.8) is 0 Å². The lowest BCUT2D eigenvalue weighted by Gasteiger charge is -2.35. The maximum Gasteiger partial charge on any atom is 0.329 e. The second kappa shape index (κ2) is 21.1. The fourth-order valence-electron chi connectivity index (χ4n) is 9.18. The molecule has 0 saturated carbocycles. The highest BCUT2D eigenvalue weighted by molar-refractivity contribution is 9.10. The Hall–Kier alpha value is -6.30. The third-order valence-corrected chi connectivity index (χ3v) is 14.7. The molecule has 8 rings (SSSR count). The second-order valence-corrected chi connectivity index (χ2v) is 21.6. The van der Waals surface area contributed by atoms with Crippen molar-refractivity contribution >= 4 is 96.9 Å². The summed E-state index contributed by atoms with van der Waals surface area (Å²) < 4.78 is 29.3. The molecular formula is C49H59BrN11O7P. The van der Waals surface area contributed by atoms with Crippen LogP contribution < -0.4 is 52.0 Å². The number of nitrogens with one attached hydrogen (secondary N) is 5. The van der Waals surface area contributed by atoms with Gasteiger partial charge in [-0.15, -0.1) is 0 Å². The van der Waals surface area contributed by atoms with Gasteiger partial charge in [0.1, 0.15) is 36.0 Å². The number of hydrogen-bond acceptors (Lipinski definition) is 14. The van der Waals surface area contributed by atoms with E-state index < -0.39 is 24.8 Å². The van der Waals surface area contributed by atoms with Crippen LogP contribution in [-0.2, 0) is 38.8 Å². The van der Waals surface area contributed by atoms with Crippen molar-refractivity contribution < 1.29 is 28.4 Å². The molecule has 20 heteroatoms. The molecule has 2 saturated heterocycles. The predicted octanol–water partition coefficient (Wildman–Crippen LogP) is 6.43. The summed E-state index contributed by atoms with van der Waals surface area (Å²) in [4.78, 5) is 67.1. The Morgan fingerprint density at radius 1 is 0.913 bits per heavy atom. The van der Waals surface area contributed by atoms with Crippen molar-refractivity contribution in [2.75, 3.05) is 68.3 Å². The Bertz CT molecular complexity index is 3040. The molecule has 3 amide bonds. The Morgan fingerprint density at radius 3 is 2.43 bits per heavy atom. The van der Waals surface area contributed by atoms with E-state index in [1.165, 1.54) is 9.13 Å². The summed E-state index contributed by atoms with van der Waals surface area (Å²) in [5.74, 6) is 0.720. The van der Waals surface area contributed by atoms with Crippen LogP contribution in [0, 0.1) is 0 Å². The molecule has 0 aliphatic carbocycles. The summed E-state index contributed by atoms with van der Waals surface area (Å²) in [7, 11) is -1.17. The van der Waals surface area contributed by atoms with E-state index in [1.807, 2.05) is 31.2 Å². The number of nitrogens with zero attached hydrogens (tertiary/aromatic N) is 6. The van der Waals surface area contributed by atoms with Crippen molar-refractivity contribution in [2.24, 2.45) is 7.05 Å². The summed E-state index contributed by atoms with van der Waals surface area (Å²) in [5, 5.41) is 17.2. The van der Waals surface area contributed by atoms with E-state index in [4.69, 9.17) is 19.4 Å². The molecule has 3 aromatic heterocycles. The second-order valence-electron chi connectivity index (χ2n) is 17.6. The van der Waals surface area contributed by atoms with Gasteiger partial charge in [0, 0.05) is 80.0 Å². The number of para-hydroxylation sites is 1. The molecule has 0 spiro atoms. The number of fused-ring (bicyclic) bond motifs is 2. The van der Waals surface area contributed by atoms with Gasteiger partial charge in [0.05, 0.1) is 33.5 Å². The van der Waals surface area contributed by atoms with E-state index in [-0.39, 0.29) is 37.3 Å². The van der Waals surface area contributed by atoms with E-state index >= 15 is 0 Å². The monoisotopic (exact) mass is 1020 g/mol. The summed E-state index contributed by atoms with van der Waals surface area (Å²) in [5.41, 5.74) is 6.02. The number of imidazole rings is 1. The molecule has 69 heavy (non-hydrogen) atoms. The predicted molar refractivity (Wildman–Crippen MR) is 274 cm³/mol. The van der Waals surface area contributed by atoms with Crippen LogP contribution in [-0.4, -0.2) is 101 Å². The number of aromatic nitrogens is 5. The molecule has 1 unspecified atom stereocenters. The van der Waals surface area contributed by atoms with E-state index in [9.17, 15) is 23.7 Å². The minimum atomic E-state index is -2.76. The lowest BCUT2D eigenvalue weighted by Crippen LogP contribution is -2.45. The van der Waals surface area contributed by atoms with Crippen LogP contribution in [0.1, 0.15) is 63.8 Å². The number of rotatable bonds is 18. The van der Waals surface area contributed by atoms with Crippen LogP contribution >= 0.6 is 23.1 Å². The van der Waals surface area contributed by atoms with Crippen LogP contribution in [0.5, 0.6) is 11.5 Å². The van der Waals surface area contributed by atoms with Crippen molar-refractivity contribution in [3.05, 3.63) is 87.0 Å². The molecule has 0 radical (unpaired) electrons. The first kappa shape index (κ1) is 49.1. The van der Waals surface area contributed by atoms with Gasteiger partial charge < -0.3 is 40.2 Å². The highest BCUT2D eigenvalue weighted by Gasteiger charge is 2.32. The van der Waals surface area contributed by atoms with Crippen LogP contribution in [0.4, 0.5) is 28.8 Å². The average molecular weight is 1020 g/mol. The SMILES string of the molecule is CCOc1cc(N2CCC(NCCNC(=O)COc3cccc4c3n(C)c(=O)n4C3CCC(=O)NC3=O)CC2)c(CC)cc1Nc1ncc(Br)c(Nc2ccc3nc(CC)ccc3c2P(C)(C)=O)n1. The number of aryl methyl sites for hydroxylation is 3. The first-order valence-corrected chi connectivity index (χ1v) is 26.8. The van der Waals surface area contributed by atoms with Crippen molar-refractivity contribution in [1.29, 1.82) is 0 Å². The first-order valence-electron chi connectivity index (χ1n) is 23.4. The van der Waals surface area contributed by atoms with Gasteiger partial charge in [-0.3, -0.25) is 33.8 Å². The molecule has 2 aliphatic heterocycles. The van der Waals surface area contributed by atoms with E-state index in [0.29, 0.717) is 64.2 Å². The lowest BCUT2D eigenvalue weighted by molar-refractivity contribution is -0.135. The highest BCUT2D eigenvalue weighted by atomic mass is 79.9. The Kier molecular flexibility index (Phi) is 15.1. The number of piperidine rings is 2. The first-order chi connectivity index (χ1) is 33.2. The molecular weight excluding hydrogens is 965 g/mol. The maximum atomic E-state index is 13.7. The third-order valence-electron chi connectivity index (χ3n) is 12.6. The minimum absolute atomic E-state index is 0.138.